The van der Waals surface area contributed by atoms with E-state index in [0.717, 1.165) is 42.8 Å². The van der Waals surface area contributed by atoms with Crippen molar-refractivity contribution in [3.05, 3.63) is 84.2 Å². The summed E-state index contributed by atoms with van der Waals surface area (Å²) in [5, 5.41) is 0. The van der Waals surface area contributed by atoms with Gasteiger partial charge in [-0.3, -0.25) is 4.79 Å². The minimum Gasteiger partial charge on any atom is -0.454 e. The summed E-state index contributed by atoms with van der Waals surface area (Å²) in [5.74, 6) is 1.30. The van der Waals surface area contributed by atoms with E-state index in [4.69, 9.17) is 9.47 Å². The Balaban J connectivity index is 0.000000151. The molecule has 3 aromatic rings. The average Bonchev–Trinajstić information content (AvgIpc) is 3.28. The maximum atomic E-state index is 12.9. The van der Waals surface area contributed by atoms with Gasteiger partial charge in [-0.15, -0.1) is 0 Å². The quantitative estimate of drug-likeness (QED) is 0.562. The number of amides is 1. The number of fused-ring (bicyclic) bond motifs is 1. The average molecular weight is 405 g/mol. The molecule has 0 aromatic heterocycles. The van der Waals surface area contributed by atoms with Crippen molar-refractivity contribution < 1.29 is 18.7 Å². The van der Waals surface area contributed by atoms with Crippen molar-refractivity contribution >= 4 is 5.91 Å². The number of hydrogen-bond acceptors (Lipinski definition) is 3. The van der Waals surface area contributed by atoms with Crippen molar-refractivity contribution in [3.63, 3.8) is 0 Å². The van der Waals surface area contributed by atoms with Gasteiger partial charge in [-0.2, -0.15) is 0 Å². The fourth-order valence-corrected chi connectivity index (χ4v) is 3.61. The summed E-state index contributed by atoms with van der Waals surface area (Å²) in [7, 11) is 0. The number of carbonyl (C=O) groups excluding carboxylic acids is 1. The molecule has 3 aromatic carbocycles. The van der Waals surface area contributed by atoms with Crippen LogP contribution < -0.4 is 9.47 Å². The fourth-order valence-electron chi connectivity index (χ4n) is 3.61. The van der Waals surface area contributed by atoms with E-state index in [1.54, 1.807) is 18.2 Å². The van der Waals surface area contributed by atoms with Gasteiger partial charge in [-0.25, -0.2) is 4.39 Å². The first-order valence-electron chi connectivity index (χ1n) is 10.2. The van der Waals surface area contributed by atoms with E-state index < -0.39 is 0 Å². The second-order valence-electron chi connectivity index (χ2n) is 7.30. The maximum Gasteiger partial charge on any atom is 0.253 e. The van der Waals surface area contributed by atoms with Crippen LogP contribution in [0.1, 0.15) is 29.6 Å². The zero-order chi connectivity index (χ0) is 20.8. The van der Waals surface area contributed by atoms with Gasteiger partial charge in [-0.05, 0) is 60.7 Å². The SMILES string of the molecule is Fc1cccc(-c2ccccc2)c1.O=C(c1ccc2c(c1)OCO2)N1CCCCC1. The fraction of sp³-hybridized carbons (Fsp3) is 0.240. The molecule has 2 aliphatic rings. The number of ether oxygens (including phenoxy) is 2. The Hall–Kier alpha value is -3.34. The first kappa shape index (κ1) is 20.0. The molecule has 4 nitrogen and oxygen atoms in total. The first-order valence-corrected chi connectivity index (χ1v) is 10.2. The third-order valence-electron chi connectivity index (χ3n) is 5.19. The number of halogens is 1. The Morgan fingerprint density at radius 1 is 0.767 bits per heavy atom. The molecule has 2 aliphatic heterocycles. The van der Waals surface area contributed by atoms with E-state index in [1.165, 1.54) is 18.6 Å². The zero-order valence-electron chi connectivity index (χ0n) is 16.7. The molecular formula is C25H24FNO3. The lowest BCUT2D eigenvalue weighted by Gasteiger charge is -2.26. The van der Waals surface area contributed by atoms with Gasteiger partial charge in [0.1, 0.15) is 5.82 Å². The monoisotopic (exact) mass is 405 g/mol. The van der Waals surface area contributed by atoms with E-state index in [2.05, 4.69) is 0 Å². The minimum atomic E-state index is -0.193. The molecule has 154 valence electrons. The summed E-state index contributed by atoms with van der Waals surface area (Å²) in [6, 6.07) is 21.8. The molecule has 0 saturated carbocycles. The highest BCUT2D eigenvalue weighted by atomic mass is 19.1. The summed E-state index contributed by atoms with van der Waals surface area (Å²) in [6.45, 7) is 1.98. The van der Waals surface area contributed by atoms with Crippen LogP contribution in [0.5, 0.6) is 11.5 Å². The predicted octanol–water partition coefficient (Wildman–Crippen LogP) is 5.53. The molecule has 0 bridgehead atoms. The topological polar surface area (TPSA) is 38.8 Å². The van der Waals surface area contributed by atoms with Crippen LogP contribution in [-0.2, 0) is 0 Å². The van der Waals surface area contributed by atoms with E-state index in [-0.39, 0.29) is 18.5 Å². The van der Waals surface area contributed by atoms with Crippen molar-refractivity contribution in [1.82, 2.24) is 4.90 Å². The predicted molar refractivity (Wildman–Crippen MR) is 114 cm³/mol. The number of hydrogen-bond donors (Lipinski definition) is 0. The van der Waals surface area contributed by atoms with Gasteiger partial charge >= 0.3 is 0 Å². The van der Waals surface area contributed by atoms with Crippen LogP contribution in [0.4, 0.5) is 4.39 Å². The summed E-state index contributed by atoms with van der Waals surface area (Å²) in [4.78, 5) is 14.1. The molecule has 0 spiro atoms. The standard InChI is InChI=1S/C13H15NO3.C12H9F/c15-13(14-6-2-1-3-7-14)10-4-5-11-12(8-10)17-9-16-11;13-12-8-4-7-11(9-12)10-5-2-1-3-6-10/h4-5,8H,1-3,6-7,9H2;1-9H. The third kappa shape index (κ3) is 4.79. The molecule has 1 fully saturated rings. The molecule has 5 heteroatoms. The highest BCUT2D eigenvalue weighted by Crippen LogP contribution is 2.33. The molecule has 2 heterocycles. The maximum absolute atomic E-state index is 12.9. The van der Waals surface area contributed by atoms with Gasteiger partial charge < -0.3 is 14.4 Å². The molecule has 30 heavy (non-hydrogen) atoms. The minimum absolute atomic E-state index is 0.100. The summed E-state index contributed by atoms with van der Waals surface area (Å²) in [5.41, 5.74) is 2.65. The zero-order valence-corrected chi connectivity index (χ0v) is 16.7. The Bertz CT molecular complexity index is 1000. The Labute approximate surface area is 175 Å². The molecular weight excluding hydrogens is 381 g/mol. The lowest BCUT2D eigenvalue weighted by molar-refractivity contribution is 0.0724. The number of likely N-dealkylation sites (tertiary alicyclic amines) is 1. The highest BCUT2D eigenvalue weighted by Gasteiger charge is 2.21. The molecule has 0 atom stereocenters. The van der Waals surface area contributed by atoms with Gasteiger partial charge in [0.15, 0.2) is 11.5 Å². The van der Waals surface area contributed by atoms with Crippen LogP contribution in [0, 0.1) is 5.82 Å². The van der Waals surface area contributed by atoms with E-state index >= 15 is 0 Å². The third-order valence-corrected chi connectivity index (χ3v) is 5.19. The van der Waals surface area contributed by atoms with Crippen LogP contribution in [0.2, 0.25) is 0 Å². The van der Waals surface area contributed by atoms with E-state index in [1.807, 2.05) is 47.4 Å². The van der Waals surface area contributed by atoms with Crippen LogP contribution in [0.25, 0.3) is 11.1 Å². The van der Waals surface area contributed by atoms with Gasteiger partial charge in [0.25, 0.3) is 5.91 Å². The number of rotatable bonds is 2. The Kier molecular flexibility index (Phi) is 6.28. The number of nitrogens with zero attached hydrogens (tertiary/aromatic N) is 1. The summed E-state index contributed by atoms with van der Waals surface area (Å²) in [6.07, 6.45) is 3.44. The second kappa shape index (κ2) is 9.44. The van der Waals surface area contributed by atoms with Gasteiger partial charge in [0.05, 0.1) is 0 Å². The van der Waals surface area contributed by atoms with Crippen molar-refractivity contribution in [3.8, 4) is 22.6 Å². The van der Waals surface area contributed by atoms with Crippen LogP contribution in [0.15, 0.2) is 72.8 Å². The van der Waals surface area contributed by atoms with E-state index in [9.17, 15) is 9.18 Å². The molecule has 0 aliphatic carbocycles. The van der Waals surface area contributed by atoms with Crippen molar-refractivity contribution in [1.29, 1.82) is 0 Å². The highest BCUT2D eigenvalue weighted by molar-refractivity contribution is 5.95. The smallest absolute Gasteiger partial charge is 0.253 e. The second-order valence-corrected chi connectivity index (χ2v) is 7.30. The molecule has 0 N–H and O–H groups in total. The van der Waals surface area contributed by atoms with Crippen molar-refractivity contribution in [2.45, 2.75) is 19.3 Å². The molecule has 0 radical (unpaired) electrons. The number of piperidine rings is 1. The molecule has 5 rings (SSSR count). The molecule has 1 amide bonds. The largest absolute Gasteiger partial charge is 0.454 e. The van der Waals surface area contributed by atoms with Gasteiger partial charge in [-0.1, -0.05) is 42.5 Å². The Morgan fingerprint density at radius 3 is 2.27 bits per heavy atom. The lowest BCUT2D eigenvalue weighted by Crippen LogP contribution is -2.35. The molecule has 1 saturated heterocycles. The molecule has 0 unspecified atom stereocenters. The van der Waals surface area contributed by atoms with Crippen molar-refractivity contribution in [2.24, 2.45) is 0 Å². The van der Waals surface area contributed by atoms with Crippen molar-refractivity contribution in [2.75, 3.05) is 19.9 Å². The van der Waals surface area contributed by atoms with Crippen LogP contribution in [-0.4, -0.2) is 30.7 Å². The number of benzene rings is 3. The first-order chi connectivity index (χ1) is 14.7. The van der Waals surface area contributed by atoms with Gasteiger partial charge in [0.2, 0.25) is 6.79 Å². The summed E-state index contributed by atoms with van der Waals surface area (Å²) >= 11 is 0. The van der Waals surface area contributed by atoms with Crippen LogP contribution >= 0.6 is 0 Å². The lowest BCUT2D eigenvalue weighted by atomic mass is 10.1. The number of carbonyl (C=O) groups is 1. The Morgan fingerprint density at radius 2 is 1.50 bits per heavy atom. The van der Waals surface area contributed by atoms with E-state index in [0.29, 0.717) is 11.3 Å². The van der Waals surface area contributed by atoms with Crippen LogP contribution in [0.3, 0.4) is 0 Å². The van der Waals surface area contributed by atoms with Gasteiger partial charge in [0, 0.05) is 18.7 Å². The summed E-state index contributed by atoms with van der Waals surface area (Å²) < 4.78 is 23.4. The normalized spacial score (nSPS) is 14.6.